The predicted molar refractivity (Wildman–Crippen MR) is 92.3 cm³/mol. The molecule has 5 nitrogen and oxygen atoms in total. The molecule has 3 aliphatic heterocycles. The molecule has 0 radical (unpaired) electrons. The first-order valence-electron chi connectivity index (χ1n) is 8.10. The number of nitrogens with one attached hydrogen (secondary N) is 2. The van der Waals surface area contributed by atoms with Crippen LogP contribution in [0, 0.1) is 0 Å². The van der Waals surface area contributed by atoms with E-state index in [-0.39, 0.29) is 12.2 Å². The van der Waals surface area contributed by atoms with Crippen molar-refractivity contribution in [3.63, 3.8) is 0 Å². The summed E-state index contributed by atoms with van der Waals surface area (Å²) in [5.74, 6) is 0. The van der Waals surface area contributed by atoms with Crippen LogP contribution >= 0.6 is 0 Å². The molecular formula is C18H22N4O. The van der Waals surface area contributed by atoms with E-state index in [9.17, 15) is 0 Å². The number of benzene rings is 1. The second-order valence-electron chi connectivity index (χ2n) is 6.07. The first-order valence-corrected chi connectivity index (χ1v) is 8.10. The van der Waals surface area contributed by atoms with Crippen LogP contribution in [0.15, 0.2) is 54.3 Å². The molecule has 0 saturated carbocycles. The highest BCUT2D eigenvalue weighted by Crippen LogP contribution is 2.27. The third-order valence-electron chi connectivity index (χ3n) is 4.59. The van der Waals surface area contributed by atoms with Crippen molar-refractivity contribution in [1.82, 2.24) is 15.5 Å². The van der Waals surface area contributed by atoms with Gasteiger partial charge in [0.15, 0.2) is 0 Å². The van der Waals surface area contributed by atoms with Crippen molar-refractivity contribution in [2.75, 3.05) is 32.0 Å². The highest BCUT2D eigenvalue weighted by Gasteiger charge is 2.32. The monoisotopic (exact) mass is 310 g/mol. The minimum Gasteiger partial charge on any atom is -0.399 e. The first-order chi connectivity index (χ1) is 11.3. The van der Waals surface area contributed by atoms with Gasteiger partial charge >= 0.3 is 0 Å². The molecule has 5 heteroatoms. The molecule has 0 aromatic heterocycles. The van der Waals surface area contributed by atoms with Crippen LogP contribution in [0.25, 0.3) is 5.70 Å². The maximum absolute atomic E-state index is 5.81. The number of anilines is 1. The van der Waals surface area contributed by atoms with Gasteiger partial charge in [-0.3, -0.25) is 4.90 Å². The molecule has 120 valence electrons. The maximum Gasteiger partial charge on any atom is 0.104 e. The zero-order valence-corrected chi connectivity index (χ0v) is 13.0. The van der Waals surface area contributed by atoms with Crippen molar-refractivity contribution >= 4 is 11.4 Å². The molecule has 3 aliphatic rings. The van der Waals surface area contributed by atoms with Crippen LogP contribution in [0.4, 0.5) is 5.69 Å². The molecule has 0 bridgehead atoms. The Morgan fingerprint density at radius 1 is 1.13 bits per heavy atom. The number of nitrogen functional groups attached to an aromatic ring is 1. The number of nitrogens with zero attached hydrogens (tertiary/aromatic N) is 1. The quantitative estimate of drug-likeness (QED) is 0.719. The molecule has 3 heterocycles. The van der Waals surface area contributed by atoms with Crippen molar-refractivity contribution < 1.29 is 4.74 Å². The average molecular weight is 310 g/mol. The molecule has 1 aromatic rings. The summed E-state index contributed by atoms with van der Waals surface area (Å²) in [6, 6.07) is 8.25. The Hall–Kier alpha value is -2.24. The van der Waals surface area contributed by atoms with Crippen LogP contribution in [0.2, 0.25) is 0 Å². The number of hydrogen-bond donors (Lipinski definition) is 3. The lowest BCUT2D eigenvalue weighted by Crippen LogP contribution is -2.56. The van der Waals surface area contributed by atoms with E-state index in [0.29, 0.717) is 0 Å². The summed E-state index contributed by atoms with van der Waals surface area (Å²) >= 11 is 0. The lowest BCUT2D eigenvalue weighted by atomic mass is 9.93. The van der Waals surface area contributed by atoms with Gasteiger partial charge in [0.05, 0.1) is 19.3 Å². The summed E-state index contributed by atoms with van der Waals surface area (Å²) in [4.78, 5) is 2.45. The fourth-order valence-corrected chi connectivity index (χ4v) is 3.35. The number of dihydropyridines is 1. The zero-order valence-electron chi connectivity index (χ0n) is 13.0. The fraction of sp³-hybridized carbons (Fsp3) is 0.333. The van der Waals surface area contributed by atoms with Gasteiger partial charge < -0.3 is 21.1 Å². The van der Waals surface area contributed by atoms with Gasteiger partial charge in [0.25, 0.3) is 0 Å². The van der Waals surface area contributed by atoms with Gasteiger partial charge in [-0.15, -0.1) is 0 Å². The molecule has 0 spiro atoms. The molecule has 1 aromatic carbocycles. The van der Waals surface area contributed by atoms with Crippen molar-refractivity contribution in [3.8, 4) is 0 Å². The van der Waals surface area contributed by atoms with Gasteiger partial charge in [0.2, 0.25) is 0 Å². The summed E-state index contributed by atoms with van der Waals surface area (Å²) < 4.78 is 5.50. The van der Waals surface area contributed by atoms with Gasteiger partial charge in [-0.1, -0.05) is 18.2 Å². The van der Waals surface area contributed by atoms with Crippen LogP contribution in [0.1, 0.15) is 5.56 Å². The van der Waals surface area contributed by atoms with E-state index in [4.69, 9.17) is 10.5 Å². The van der Waals surface area contributed by atoms with E-state index in [1.807, 2.05) is 18.3 Å². The molecule has 4 N–H and O–H groups in total. The Morgan fingerprint density at radius 3 is 2.70 bits per heavy atom. The Kier molecular flexibility index (Phi) is 3.81. The van der Waals surface area contributed by atoms with Crippen molar-refractivity contribution in [2.24, 2.45) is 0 Å². The predicted octanol–water partition coefficient (Wildman–Crippen LogP) is 1.28. The highest BCUT2D eigenvalue weighted by atomic mass is 16.5. The second kappa shape index (κ2) is 6.10. The Morgan fingerprint density at radius 2 is 1.91 bits per heavy atom. The molecule has 4 rings (SSSR count). The minimum absolute atomic E-state index is 0.193. The van der Waals surface area contributed by atoms with Crippen LogP contribution in [0.3, 0.4) is 0 Å². The van der Waals surface area contributed by atoms with Crippen molar-refractivity contribution in [1.29, 1.82) is 0 Å². The Labute approximate surface area is 136 Å². The summed E-state index contributed by atoms with van der Waals surface area (Å²) in [6.07, 6.45) is 8.73. The molecule has 0 aliphatic carbocycles. The largest absolute Gasteiger partial charge is 0.399 e. The second-order valence-corrected chi connectivity index (χ2v) is 6.07. The number of hydrogen-bond acceptors (Lipinski definition) is 5. The number of ether oxygens (including phenoxy) is 1. The summed E-state index contributed by atoms with van der Waals surface area (Å²) in [6.45, 7) is 3.47. The molecule has 2 unspecified atom stereocenters. The Bertz CT molecular complexity index is 656. The van der Waals surface area contributed by atoms with E-state index in [2.05, 4.69) is 45.9 Å². The highest BCUT2D eigenvalue weighted by molar-refractivity contribution is 5.69. The normalized spacial score (nSPS) is 27.3. The van der Waals surface area contributed by atoms with Gasteiger partial charge in [0, 0.05) is 24.5 Å². The van der Waals surface area contributed by atoms with Gasteiger partial charge in [-0.2, -0.15) is 0 Å². The summed E-state index contributed by atoms with van der Waals surface area (Å²) in [7, 11) is 0. The number of allylic oxidation sites excluding steroid dienone is 2. The molecule has 1 saturated heterocycles. The van der Waals surface area contributed by atoms with Crippen LogP contribution in [0.5, 0.6) is 0 Å². The van der Waals surface area contributed by atoms with E-state index in [1.54, 1.807) is 0 Å². The lowest BCUT2D eigenvalue weighted by molar-refractivity contribution is 0.0188. The zero-order chi connectivity index (χ0) is 15.6. The number of rotatable bonds is 2. The third-order valence-corrected chi connectivity index (χ3v) is 4.59. The number of nitrogens with two attached hydrogens (primary N) is 1. The molecule has 1 fully saturated rings. The summed E-state index contributed by atoms with van der Waals surface area (Å²) in [5, 5.41) is 7.16. The van der Waals surface area contributed by atoms with Crippen LogP contribution in [-0.4, -0.2) is 43.4 Å². The van der Waals surface area contributed by atoms with E-state index >= 15 is 0 Å². The average Bonchev–Trinajstić information content (AvgIpc) is 2.62. The first kappa shape index (κ1) is 14.4. The van der Waals surface area contributed by atoms with E-state index < -0.39 is 0 Å². The number of fused-ring (bicyclic) bond motifs is 1. The van der Waals surface area contributed by atoms with Crippen molar-refractivity contribution in [3.05, 3.63) is 59.8 Å². The van der Waals surface area contributed by atoms with E-state index in [0.717, 1.165) is 43.3 Å². The van der Waals surface area contributed by atoms with Crippen LogP contribution < -0.4 is 16.4 Å². The van der Waals surface area contributed by atoms with Gasteiger partial charge in [0.1, 0.15) is 6.17 Å². The minimum atomic E-state index is 0.193. The van der Waals surface area contributed by atoms with E-state index in [1.165, 1.54) is 5.57 Å². The maximum atomic E-state index is 5.81. The molecular weight excluding hydrogens is 288 g/mol. The summed E-state index contributed by atoms with van der Waals surface area (Å²) in [5.41, 5.74) is 10.3. The smallest absolute Gasteiger partial charge is 0.104 e. The molecule has 2 atom stereocenters. The fourth-order valence-electron chi connectivity index (χ4n) is 3.35. The van der Waals surface area contributed by atoms with Crippen molar-refractivity contribution in [2.45, 2.75) is 12.2 Å². The van der Waals surface area contributed by atoms with Gasteiger partial charge in [-0.25, -0.2) is 0 Å². The lowest BCUT2D eigenvalue weighted by Gasteiger charge is -2.42. The standard InChI is InChI=1S/C18H22N4O/c19-14-5-3-13(4-6-14)16-12-17-15(2-1-7-20-17)18(21-16)22-8-10-23-11-9-22/h1-7,12,17-18,20-21H,8-11,19H2. The van der Waals surface area contributed by atoms with Gasteiger partial charge in [-0.05, 0) is 41.6 Å². The topological polar surface area (TPSA) is 62.5 Å². The molecule has 23 heavy (non-hydrogen) atoms. The third kappa shape index (κ3) is 2.85. The SMILES string of the molecule is Nc1ccc(C2=CC3NC=CC=C3C(N3CCOCC3)N2)cc1. The Balaban J connectivity index is 1.66. The van der Waals surface area contributed by atoms with Crippen LogP contribution in [-0.2, 0) is 4.74 Å². The molecule has 0 amide bonds. The number of morpholine rings is 1.